The summed E-state index contributed by atoms with van der Waals surface area (Å²) < 4.78 is 6.43. The van der Waals surface area contributed by atoms with Gasteiger partial charge in [0.15, 0.2) is 0 Å². The van der Waals surface area contributed by atoms with Crippen LogP contribution in [-0.2, 0) is 11.3 Å². The number of ether oxygens (including phenoxy) is 1. The van der Waals surface area contributed by atoms with Gasteiger partial charge in [-0.1, -0.05) is 18.5 Å². The van der Waals surface area contributed by atoms with Crippen LogP contribution in [0.1, 0.15) is 25.3 Å². The normalized spacial score (nSPS) is 10.8. The van der Waals surface area contributed by atoms with Crippen LogP contribution in [0.3, 0.4) is 0 Å². The molecule has 0 bridgehead atoms. The molecule has 6 heteroatoms. The Bertz CT molecular complexity index is 479. The fourth-order valence-electron chi connectivity index (χ4n) is 1.42. The van der Waals surface area contributed by atoms with Gasteiger partial charge in [-0.25, -0.2) is 4.79 Å². The van der Waals surface area contributed by atoms with E-state index in [1.165, 1.54) is 0 Å². The van der Waals surface area contributed by atoms with Gasteiger partial charge in [0, 0.05) is 25.3 Å². The zero-order valence-electron chi connectivity index (χ0n) is 10.1. The second-order valence-corrected chi connectivity index (χ2v) is 4.17. The van der Waals surface area contributed by atoms with Crippen molar-refractivity contribution in [1.29, 1.82) is 0 Å². The molecule has 96 valence electrons. The van der Waals surface area contributed by atoms with Gasteiger partial charge in [-0.05, 0) is 19.8 Å². The Hall–Kier alpha value is -1.07. The predicted octanol–water partition coefficient (Wildman–Crippen LogP) is 1.32. The first-order chi connectivity index (χ1) is 8.07. The Morgan fingerprint density at radius 3 is 2.71 bits per heavy atom. The number of H-pyrrole nitrogens is 1. The standard InChI is InChI=1S/C11H17ClN2O3/c1-3-6-17-7-4-5-14-10(15)8(2)9(12)13-11(14)16/h3-7H2,1-2H3,(H,13,16). The van der Waals surface area contributed by atoms with Gasteiger partial charge in [0.25, 0.3) is 5.56 Å². The lowest BCUT2D eigenvalue weighted by atomic mass is 10.3. The number of nitrogens with zero attached hydrogens (tertiary/aromatic N) is 1. The summed E-state index contributed by atoms with van der Waals surface area (Å²) in [7, 11) is 0. The van der Waals surface area contributed by atoms with Crippen LogP contribution < -0.4 is 11.2 Å². The molecule has 1 aromatic rings. The number of aromatic amines is 1. The topological polar surface area (TPSA) is 64.1 Å². The maximum atomic E-state index is 11.7. The second-order valence-electron chi connectivity index (χ2n) is 3.79. The van der Waals surface area contributed by atoms with Crippen molar-refractivity contribution < 1.29 is 4.74 Å². The van der Waals surface area contributed by atoms with Crippen LogP contribution in [0.4, 0.5) is 0 Å². The lowest BCUT2D eigenvalue weighted by Crippen LogP contribution is -2.36. The van der Waals surface area contributed by atoms with E-state index < -0.39 is 5.69 Å². The van der Waals surface area contributed by atoms with Gasteiger partial charge in [0.05, 0.1) is 0 Å². The lowest BCUT2D eigenvalue weighted by molar-refractivity contribution is 0.129. The van der Waals surface area contributed by atoms with Crippen molar-refractivity contribution in [2.24, 2.45) is 0 Å². The first kappa shape index (κ1) is 14.0. The van der Waals surface area contributed by atoms with E-state index in [-0.39, 0.29) is 10.7 Å². The Kier molecular flexibility index (Phi) is 5.44. The molecule has 1 heterocycles. The van der Waals surface area contributed by atoms with E-state index in [1.54, 1.807) is 6.92 Å². The average Bonchev–Trinajstić information content (AvgIpc) is 2.30. The van der Waals surface area contributed by atoms with Crippen molar-refractivity contribution in [3.8, 4) is 0 Å². The second kappa shape index (κ2) is 6.61. The number of halogens is 1. The van der Waals surface area contributed by atoms with Crippen LogP contribution in [0.15, 0.2) is 9.59 Å². The number of rotatable bonds is 6. The zero-order valence-corrected chi connectivity index (χ0v) is 10.8. The number of hydrogen-bond donors (Lipinski definition) is 1. The maximum absolute atomic E-state index is 11.7. The highest BCUT2D eigenvalue weighted by molar-refractivity contribution is 6.30. The molecular weight excluding hydrogens is 244 g/mol. The summed E-state index contributed by atoms with van der Waals surface area (Å²) in [6.45, 7) is 5.20. The van der Waals surface area contributed by atoms with Crippen molar-refractivity contribution in [2.75, 3.05) is 13.2 Å². The van der Waals surface area contributed by atoms with Gasteiger partial charge >= 0.3 is 5.69 Å². The van der Waals surface area contributed by atoms with E-state index in [9.17, 15) is 9.59 Å². The summed E-state index contributed by atoms with van der Waals surface area (Å²) in [6, 6.07) is 0. The van der Waals surface area contributed by atoms with Crippen molar-refractivity contribution >= 4 is 11.6 Å². The Balaban J connectivity index is 2.69. The quantitative estimate of drug-likeness (QED) is 0.620. The third kappa shape index (κ3) is 3.71. The molecule has 0 saturated carbocycles. The molecule has 0 unspecified atom stereocenters. The first-order valence-electron chi connectivity index (χ1n) is 5.65. The summed E-state index contributed by atoms with van der Waals surface area (Å²) in [4.78, 5) is 25.7. The Labute approximate surface area is 104 Å². The average molecular weight is 261 g/mol. The molecule has 0 saturated heterocycles. The van der Waals surface area contributed by atoms with Crippen LogP contribution in [0.5, 0.6) is 0 Å². The molecule has 0 aromatic carbocycles. The maximum Gasteiger partial charge on any atom is 0.329 e. The monoisotopic (exact) mass is 260 g/mol. The highest BCUT2D eigenvalue weighted by Crippen LogP contribution is 2.02. The summed E-state index contributed by atoms with van der Waals surface area (Å²) in [5.74, 6) is 0. The molecule has 1 N–H and O–H groups in total. The van der Waals surface area contributed by atoms with Gasteiger partial charge < -0.3 is 4.74 Å². The van der Waals surface area contributed by atoms with Gasteiger partial charge in [-0.15, -0.1) is 0 Å². The molecule has 0 aliphatic heterocycles. The molecule has 0 amide bonds. The number of hydrogen-bond acceptors (Lipinski definition) is 3. The van der Waals surface area contributed by atoms with E-state index >= 15 is 0 Å². The van der Waals surface area contributed by atoms with Crippen LogP contribution in [0.2, 0.25) is 5.15 Å². The van der Waals surface area contributed by atoms with Crippen LogP contribution in [-0.4, -0.2) is 22.8 Å². The molecule has 0 aliphatic rings. The summed E-state index contributed by atoms with van der Waals surface area (Å²) in [6.07, 6.45) is 1.59. The van der Waals surface area contributed by atoms with E-state index in [2.05, 4.69) is 4.98 Å². The fraction of sp³-hybridized carbons (Fsp3) is 0.636. The number of aromatic nitrogens is 2. The molecule has 0 radical (unpaired) electrons. The summed E-state index contributed by atoms with van der Waals surface area (Å²) in [5, 5.41) is 0.110. The summed E-state index contributed by atoms with van der Waals surface area (Å²) >= 11 is 5.70. The van der Waals surface area contributed by atoms with Crippen LogP contribution in [0.25, 0.3) is 0 Å². The minimum atomic E-state index is -0.471. The number of nitrogens with one attached hydrogen (secondary N) is 1. The van der Waals surface area contributed by atoms with E-state index in [4.69, 9.17) is 16.3 Å². The first-order valence-corrected chi connectivity index (χ1v) is 6.02. The van der Waals surface area contributed by atoms with E-state index in [1.807, 2.05) is 6.92 Å². The smallest absolute Gasteiger partial charge is 0.329 e. The van der Waals surface area contributed by atoms with Gasteiger partial charge in [0.1, 0.15) is 5.15 Å². The van der Waals surface area contributed by atoms with Crippen molar-refractivity contribution in [3.05, 3.63) is 31.6 Å². The fourth-order valence-corrected chi connectivity index (χ4v) is 1.58. The minimum Gasteiger partial charge on any atom is -0.381 e. The highest BCUT2D eigenvalue weighted by Gasteiger charge is 2.08. The minimum absolute atomic E-state index is 0.110. The van der Waals surface area contributed by atoms with Gasteiger partial charge in [-0.2, -0.15) is 0 Å². The van der Waals surface area contributed by atoms with Crippen molar-refractivity contribution in [3.63, 3.8) is 0 Å². The molecule has 5 nitrogen and oxygen atoms in total. The predicted molar refractivity (Wildman–Crippen MR) is 66.8 cm³/mol. The van der Waals surface area contributed by atoms with Crippen molar-refractivity contribution in [1.82, 2.24) is 9.55 Å². The molecule has 1 aromatic heterocycles. The molecule has 1 rings (SSSR count). The molecular formula is C11H17ClN2O3. The third-order valence-corrected chi connectivity index (χ3v) is 2.75. The molecule has 0 fully saturated rings. The van der Waals surface area contributed by atoms with Gasteiger partial charge in [-0.3, -0.25) is 14.3 Å². The lowest BCUT2D eigenvalue weighted by Gasteiger charge is -2.06. The Morgan fingerprint density at radius 2 is 2.06 bits per heavy atom. The summed E-state index contributed by atoms with van der Waals surface area (Å²) in [5.41, 5.74) is -0.448. The third-order valence-electron chi connectivity index (χ3n) is 2.38. The van der Waals surface area contributed by atoms with Crippen LogP contribution in [0, 0.1) is 6.92 Å². The van der Waals surface area contributed by atoms with E-state index in [0.29, 0.717) is 31.7 Å². The molecule has 0 atom stereocenters. The zero-order chi connectivity index (χ0) is 12.8. The SMILES string of the molecule is CCCOCCCn1c(=O)[nH]c(Cl)c(C)c1=O. The largest absolute Gasteiger partial charge is 0.381 e. The van der Waals surface area contributed by atoms with Crippen LogP contribution >= 0.6 is 11.6 Å². The molecule has 17 heavy (non-hydrogen) atoms. The van der Waals surface area contributed by atoms with E-state index in [0.717, 1.165) is 11.0 Å². The Morgan fingerprint density at radius 1 is 1.35 bits per heavy atom. The molecule has 0 aliphatic carbocycles. The highest BCUT2D eigenvalue weighted by atomic mass is 35.5. The van der Waals surface area contributed by atoms with Crippen molar-refractivity contribution in [2.45, 2.75) is 33.2 Å². The van der Waals surface area contributed by atoms with Gasteiger partial charge in [0.2, 0.25) is 0 Å². The molecule has 0 spiro atoms.